The highest BCUT2D eigenvalue weighted by atomic mass is 16.2. The first kappa shape index (κ1) is 11.1. The summed E-state index contributed by atoms with van der Waals surface area (Å²) >= 11 is 0. The molecule has 3 aliphatic rings. The predicted molar refractivity (Wildman–Crippen MR) is 63.2 cm³/mol. The Balaban J connectivity index is 1.54. The van der Waals surface area contributed by atoms with Gasteiger partial charge in [0, 0.05) is 26.1 Å². The standard InChI is InChI=1S/C13H20N2O2/c16-12-4-2-1-3-5-14(12)9-13(17)15-7-10-6-11(10)8-15/h10-11H,1-9H2. The first-order valence-electron chi connectivity index (χ1n) is 6.79. The summed E-state index contributed by atoms with van der Waals surface area (Å²) in [7, 11) is 0. The zero-order chi connectivity index (χ0) is 11.8. The first-order valence-corrected chi connectivity index (χ1v) is 6.79. The van der Waals surface area contributed by atoms with Crippen LogP contribution in [0.3, 0.4) is 0 Å². The minimum atomic E-state index is 0.160. The lowest BCUT2D eigenvalue weighted by Crippen LogP contribution is -2.42. The molecule has 0 spiro atoms. The van der Waals surface area contributed by atoms with Gasteiger partial charge in [0.2, 0.25) is 11.8 Å². The molecule has 4 nitrogen and oxygen atoms in total. The van der Waals surface area contributed by atoms with Gasteiger partial charge in [-0.15, -0.1) is 0 Å². The van der Waals surface area contributed by atoms with Crippen LogP contribution in [0.5, 0.6) is 0 Å². The van der Waals surface area contributed by atoms with Crippen molar-refractivity contribution in [3.05, 3.63) is 0 Å². The molecule has 94 valence electrons. The molecule has 2 amide bonds. The Bertz CT molecular complexity index is 332. The van der Waals surface area contributed by atoms with E-state index >= 15 is 0 Å². The molecule has 0 aromatic heterocycles. The summed E-state index contributed by atoms with van der Waals surface area (Å²) < 4.78 is 0. The number of fused-ring (bicyclic) bond motifs is 1. The van der Waals surface area contributed by atoms with Gasteiger partial charge in [0.1, 0.15) is 0 Å². The summed E-state index contributed by atoms with van der Waals surface area (Å²) in [5.41, 5.74) is 0. The van der Waals surface area contributed by atoms with Gasteiger partial charge in [-0.1, -0.05) is 6.42 Å². The van der Waals surface area contributed by atoms with E-state index < -0.39 is 0 Å². The first-order chi connectivity index (χ1) is 8.24. The lowest BCUT2D eigenvalue weighted by Gasteiger charge is -2.24. The quantitative estimate of drug-likeness (QED) is 0.713. The van der Waals surface area contributed by atoms with E-state index in [4.69, 9.17) is 0 Å². The molecule has 1 aliphatic carbocycles. The number of carbonyl (C=O) groups is 2. The van der Waals surface area contributed by atoms with Crippen molar-refractivity contribution in [1.82, 2.24) is 9.80 Å². The Hall–Kier alpha value is -1.06. The number of amides is 2. The highest BCUT2D eigenvalue weighted by molar-refractivity contribution is 5.85. The third-order valence-corrected chi connectivity index (χ3v) is 4.33. The van der Waals surface area contributed by atoms with Crippen LogP contribution in [0.15, 0.2) is 0 Å². The van der Waals surface area contributed by atoms with Crippen LogP contribution in [0.4, 0.5) is 0 Å². The number of piperidine rings is 1. The number of nitrogens with zero attached hydrogens (tertiary/aromatic N) is 2. The molecular weight excluding hydrogens is 216 g/mol. The molecule has 3 rings (SSSR count). The molecule has 4 heteroatoms. The average molecular weight is 236 g/mol. The fourth-order valence-corrected chi connectivity index (χ4v) is 3.07. The smallest absolute Gasteiger partial charge is 0.242 e. The van der Waals surface area contributed by atoms with Crippen LogP contribution >= 0.6 is 0 Å². The summed E-state index contributed by atoms with van der Waals surface area (Å²) in [4.78, 5) is 27.6. The largest absolute Gasteiger partial charge is 0.341 e. The van der Waals surface area contributed by atoms with Crippen molar-refractivity contribution in [2.24, 2.45) is 11.8 Å². The van der Waals surface area contributed by atoms with Crippen molar-refractivity contribution in [2.45, 2.75) is 32.1 Å². The summed E-state index contributed by atoms with van der Waals surface area (Å²) in [5, 5.41) is 0. The number of likely N-dealkylation sites (tertiary alicyclic amines) is 2. The predicted octanol–water partition coefficient (Wildman–Crippen LogP) is 0.867. The third-order valence-electron chi connectivity index (χ3n) is 4.33. The minimum Gasteiger partial charge on any atom is -0.341 e. The van der Waals surface area contributed by atoms with E-state index in [0.29, 0.717) is 13.0 Å². The van der Waals surface area contributed by atoms with Crippen LogP contribution in [0, 0.1) is 11.8 Å². The SMILES string of the molecule is O=C1CCCCCN1CC(=O)N1CC2CC2C1. The zero-order valence-electron chi connectivity index (χ0n) is 10.2. The molecule has 0 bridgehead atoms. The van der Waals surface area contributed by atoms with Gasteiger partial charge in [-0.2, -0.15) is 0 Å². The van der Waals surface area contributed by atoms with Gasteiger partial charge in [0.05, 0.1) is 6.54 Å². The minimum absolute atomic E-state index is 0.160. The van der Waals surface area contributed by atoms with Gasteiger partial charge in [-0.05, 0) is 31.1 Å². The summed E-state index contributed by atoms with van der Waals surface area (Å²) in [6.45, 7) is 2.96. The maximum absolute atomic E-state index is 12.1. The van der Waals surface area contributed by atoms with E-state index in [-0.39, 0.29) is 11.8 Å². The maximum atomic E-state index is 12.1. The van der Waals surface area contributed by atoms with Crippen molar-refractivity contribution in [3.63, 3.8) is 0 Å². The van der Waals surface area contributed by atoms with Crippen molar-refractivity contribution >= 4 is 11.8 Å². The molecule has 2 saturated heterocycles. The lowest BCUT2D eigenvalue weighted by molar-refractivity contribution is -0.139. The van der Waals surface area contributed by atoms with E-state index in [9.17, 15) is 9.59 Å². The average Bonchev–Trinajstić information content (AvgIpc) is 2.98. The van der Waals surface area contributed by atoms with Crippen molar-refractivity contribution in [1.29, 1.82) is 0 Å². The molecule has 3 fully saturated rings. The Labute approximate surface area is 102 Å². The molecule has 2 unspecified atom stereocenters. The van der Waals surface area contributed by atoms with Gasteiger partial charge < -0.3 is 9.80 Å². The maximum Gasteiger partial charge on any atom is 0.242 e. The molecule has 2 heterocycles. The van der Waals surface area contributed by atoms with Gasteiger partial charge in [0.15, 0.2) is 0 Å². The second-order valence-electron chi connectivity index (χ2n) is 5.68. The van der Waals surface area contributed by atoms with Crippen LogP contribution in [-0.2, 0) is 9.59 Å². The lowest BCUT2D eigenvalue weighted by atomic mass is 10.2. The Morgan fingerprint density at radius 3 is 2.71 bits per heavy atom. The van der Waals surface area contributed by atoms with E-state index in [1.807, 2.05) is 4.90 Å². The molecule has 0 radical (unpaired) electrons. The molecule has 17 heavy (non-hydrogen) atoms. The normalized spacial score (nSPS) is 32.4. The monoisotopic (exact) mass is 236 g/mol. The van der Waals surface area contributed by atoms with E-state index in [2.05, 4.69) is 0 Å². The van der Waals surface area contributed by atoms with Crippen LogP contribution in [0.1, 0.15) is 32.1 Å². The fraction of sp³-hybridized carbons (Fsp3) is 0.846. The summed E-state index contributed by atoms with van der Waals surface area (Å²) in [5.74, 6) is 1.88. The Kier molecular flexibility index (Phi) is 2.81. The van der Waals surface area contributed by atoms with Gasteiger partial charge in [-0.25, -0.2) is 0 Å². The second-order valence-corrected chi connectivity index (χ2v) is 5.68. The van der Waals surface area contributed by atoms with Crippen LogP contribution in [0.2, 0.25) is 0 Å². The molecule has 2 atom stereocenters. The van der Waals surface area contributed by atoms with Crippen LogP contribution in [0.25, 0.3) is 0 Å². The number of rotatable bonds is 2. The highest BCUT2D eigenvalue weighted by Gasteiger charge is 2.46. The molecule has 2 aliphatic heterocycles. The van der Waals surface area contributed by atoms with E-state index in [1.54, 1.807) is 4.90 Å². The Morgan fingerprint density at radius 1 is 1.18 bits per heavy atom. The van der Waals surface area contributed by atoms with E-state index in [0.717, 1.165) is 50.7 Å². The van der Waals surface area contributed by atoms with Crippen LogP contribution in [-0.4, -0.2) is 47.8 Å². The summed E-state index contributed by atoms with van der Waals surface area (Å²) in [6.07, 6.45) is 5.08. The zero-order valence-corrected chi connectivity index (χ0v) is 10.2. The fourth-order valence-electron chi connectivity index (χ4n) is 3.07. The van der Waals surface area contributed by atoms with Gasteiger partial charge in [0.25, 0.3) is 0 Å². The van der Waals surface area contributed by atoms with Crippen LogP contribution < -0.4 is 0 Å². The number of carbonyl (C=O) groups excluding carboxylic acids is 2. The third kappa shape index (κ3) is 2.31. The molecular formula is C13H20N2O2. The van der Waals surface area contributed by atoms with E-state index in [1.165, 1.54) is 6.42 Å². The van der Waals surface area contributed by atoms with Crippen molar-refractivity contribution < 1.29 is 9.59 Å². The topological polar surface area (TPSA) is 40.6 Å². The van der Waals surface area contributed by atoms with Gasteiger partial charge >= 0.3 is 0 Å². The molecule has 0 aromatic rings. The van der Waals surface area contributed by atoms with Gasteiger partial charge in [-0.3, -0.25) is 9.59 Å². The Morgan fingerprint density at radius 2 is 1.94 bits per heavy atom. The number of hydrogen-bond donors (Lipinski definition) is 0. The number of hydrogen-bond acceptors (Lipinski definition) is 2. The highest BCUT2D eigenvalue weighted by Crippen LogP contribution is 2.44. The van der Waals surface area contributed by atoms with Crippen molar-refractivity contribution in [3.8, 4) is 0 Å². The molecule has 0 N–H and O–H groups in total. The molecule has 0 aromatic carbocycles. The van der Waals surface area contributed by atoms with Crippen molar-refractivity contribution in [2.75, 3.05) is 26.2 Å². The second kappa shape index (κ2) is 4.31. The molecule has 1 saturated carbocycles. The summed E-state index contributed by atoms with van der Waals surface area (Å²) in [6, 6.07) is 0.